The monoisotopic (exact) mass is 368 g/mol. The fourth-order valence-electron chi connectivity index (χ4n) is 5.54. The van der Waals surface area contributed by atoms with Crippen LogP contribution in [0.2, 0.25) is 0 Å². The summed E-state index contributed by atoms with van der Waals surface area (Å²) in [5.41, 5.74) is 2.20. The lowest BCUT2D eigenvalue weighted by molar-refractivity contribution is -0.134. The molecule has 144 valence electrons. The van der Waals surface area contributed by atoms with Crippen molar-refractivity contribution >= 4 is 11.8 Å². The van der Waals surface area contributed by atoms with Crippen molar-refractivity contribution in [3.63, 3.8) is 0 Å². The molecule has 27 heavy (non-hydrogen) atoms. The van der Waals surface area contributed by atoms with Gasteiger partial charge >= 0.3 is 0 Å². The summed E-state index contributed by atoms with van der Waals surface area (Å²) in [7, 11) is 0. The van der Waals surface area contributed by atoms with Crippen molar-refractivity contribution in [3.8, 4) is 0 Å². The maximum atomic E-state index is 13.0. The first-order valence-electron chi connectivity index (χ1n) is 10.5. The molecule has 4 aliphatic rings. The maximum absolute atomic E-state index is 13.0. The van der Waals surface area contributed by atoms with Crippen molar-refractivity contribution in [1.29, 1.82) is 0 Å². The van der Waals surface area contributed by atoms with Gasteiger partial charge in [0.1, 0.15) is 5.82 Å². The molecular weight excluding hydrogens is 340 g/mol. The quantitative estimate of drug-likeness (QED) is 0.802. The highest BCUT2D eigenvalue weighted by atomic mass is 16.2. The molecule has 2 aliphatic heterocycles. The third kappa shape index (κ3) is 3.03. The summed E-state index contributed by atoms with van der Waals surface area (Å²) in [6, 6.07) is 0. The van der Waals surface area contributed by atoms with Gasteiger partial charge in [-0.3, -0.25) is 9.59 Å². The molecule has 0 radical (unpaired) electrons. The van der Waals surface area contributed by atoms with Crippen LogP contribution in [0.5, 0.6) is 0 Å². The number of amides is 2. The second-order valence-electron chi connectivity index (χ2n) is 8.80. The van der Waals surface area contributed by atoms with Crippen molar-refractivity contribution in [1.82, 2.24) is 19.8 Å². The molecule has 2 amide bonds. The highest BCUT2D eigenvalue weighted by molar-refractivity contribution is 5.82. The molecule has 2 aliphatic carbocycles. The lowest BCUT2D eigenvalue weighted by Gasteiger charge is -2.29. The summed E-state index contributed by atoms with van der Waals surface area (Å²) in [5, 5.41) is 0. The van der Waals surface area contributed by atoms with Crippen molar-refractivity contribution in [3.05, 3.63) is 23.3 Å². The fraction of sp³-hybridized carbons (Fsp3) is 0.714. The largest absolute Gasteiger partial charge is 0.342 e. The Kier molecular flexibility index (Phi) is 4.17. The first-order valence-corrected chi connectivity index (χ1v) is 10.5. The topological polar surface area (TPSA) is 66.4 Å². The van der Waals surface area contributed by atoms with E-state index in [0.29, 0.717) is 30.2 Å². The number of hydrogen-bond acceptors (Lipinski definition) is 4. The van der Waals surface area contributed by atoms with E-state index in [4.69, 9.17) is 4.98 Å². The molecule has 1 saturated heterocycles. The average molecular weight is 368 g/mol. The lowest BCUT2D eigenvalue weighted by Crippen LogP contribution is -2.38. The zero-order valence-corrected chi connectivity index (χ0v) is 16.1. The normalized spacial score (nSPS) is 32.0. The molecule has 1 aromatic rings. The highest BCUT2D eigenvalue weighted by Crippen LogP contribution is 2.56. The number of likely N-dealkylation sites (tertiary alicyclic amines) is 1. The second kappa shape index (κ2) is 6.57. The van der Waals surface area contributed by atoms with Crippen molar-refractivity contribution < 1.29 is 9.59 Å². The van der Waals surface area contributed by atoms with Gasteiger partial charge in [0, 0.05) is 63.1 Å². The zero-order chi connectivity index (χ0) is 18.5. The Balaban J connectivity index is 1.26. The molecule has 0 unspecified atom stereocenters. The summed E-state index contributed by atoms with van der Waals surface area (Å²) < 4.78 is 0. The zero-order valence-electron chi connectivity index (χ0n) is 16.1. The van der Waals surface area contributed by atoms with Gasteiger partial charge in [-0.15, -0.1) is 0 Å². The van der Waals surface area contributed by atoms with Crippen LogP contribution in [-0.2, 0) is 22.6 Å². The Morgan fingerprint density at radius 1 is 1.07 bits per heavy atom. The lowest BCUT2D eigenvalue weighted by atomic mass is 10.0. The third-order valence-electron chi connectivity index (χ3n) is 7.20. The van der Waals surface area contributed by atoms with E-state index in [0.717, 1.165) is 49.6 Å². The van der Waals surface area contributed by atoms with Gasteiger partial charge in [-0.25, -0.2) is 9.97 Å². The fourth-order valence-corrected chi connectivity index (χ4v) is 5.54. The Hall–Kier alpha value is -1.98. The van der Waals surface area contributed by atoms with Crippen LogP contribution in [0.3, 0.4) is 0 Å². The molecule has 2 saturated carbocycles. The van der Waals surface area contributed by atoms with Crippen LogP contribution in [-0.4, -0.2) is 51.2 Å². The van der Waals surface area contributed by atoms with Gasteiger partial charge in [0.2, 0.25) is 11.8 Å². The van der Waals surface area contributed by atoms with E-state index in [1.54, 1.807) is 6.92 Å². The van der Waals surface area contributed by atoms with E-state index < -0.39 is 0 Å². The summed E-state index contributed by atoms with van der Waals surface area (Å²) in [5.74, 6) is 3.24. The van der Waals surface area contributed by atoms with E-state index in [-0.39, 0.29) is 11.8 Å². The Morgan fingerprint density at radius 3 is 2.56 bits per heavy atom. The van der Waals surface area contributed by atoms with Gasteiger partial charge in [-0.05, 0) is 31.1 Å². The minimum atomic E-state index is 0.130. The molecule has 3 fully saturated rings. The summed E-state index contributed by atoms with van der Waals surface area (Å²) in [6.45, 7) is 4.59. The Labute approximate surface area is 160 Å². The van der Waals surface area contributed by atoms with E-state index in [1.807, 2.05) is 16.0 Å². The predicted molar refractivity (Wildman–Crippen MR) is 99.7 cm³/mol. The van der Waals surface area contributed by atoms with Gasteiger partial charge in [0.05, 0.1) is 5.69 Å². The maximum Gasteiger partial charge on any atom is 0.226 e. The number of nitrogens with zero attached hydrogens (tertiary/aromatic N) is 4. The van der Waals surface area contributed by atoms with Crippen molar-refractivity contribution in [2.24, 2.45) is 17.8 Å². The number of carbonyl (C=O) groups excluding carboxylic acids is 2. The third-order valence-corrected chi connectivity index (χ3v) is 7.20. The molecule has 0 N–H and O–H groups in total. The van der Waals surface area contributed by atoms with Gasteiger partial charge in [0.25, 0.3) is 0 Å². The molecule has 0 spiro atoms. The Bertz CT molecular complexity index is 767. The molecule has 0 bridgehead atoms. The molecule has 1 aromatic heterocycles. The molecule has 3 heterocycles. The number of rotatable bonds is 2. The van der Waals surface area contributed by atoms with Gasteiger partial charge in [-0.1, -0.05) is 12.8 Å². The predicted octanol–water partition coefficient (Wildman–Crippen LogP) is 2.13. The first kappa shape index (κ1) is 17.1. The average Bonchev–Trinajstić information content (AvgIpc) is 3.19. The minimum absolute atomic E-state index is 0.130. The van der Waals surface area contributed by atoms with Crippen LogP contribution >= 0.6 is 0 Å². The Morgan fingerprint density at radius 2 is 1.85 bits per heavy atom. The van der Waals surface area contributed by atoms with Crippen LogP contribution in [0.15, 0.2) is 6.20 Å². The smallest absolute Gasteiger partial charge is 0.226 e. The number of carbonyl (C=O) groups is 2. The van der Waals surface area contributed by atoms with Gasteiger partial charge in [0.15, 0.2) is 0 Å². The standard InChI is InChI=1S/C21H28N4O2/c1-13(26)24-8-6-14(11-24)20-22-10-15-12-25(9-7-18(15)23-20)21(27)19-16-4-2-3-5-17(16)19/h10,14,16-17,19H,2-9,11-12H2,1H3/t14-,16-,17-/m0/s1. The molecule has 3 atom stereocenters. The molecule has 5 rings (SSSR count). The minimum Gasteiger partial charge on any atom is -0.342 e. The van der Waals surface area contributed by atoms with E-state index in [9.17, 15) is 9.59 Å². The number of aromatic nitrogens is 2. The van der Waals surface area contributed by atoms with E-state index in [1.165, 1.54) is 25.7 Å². The number of fused-ring (bicyclic) bond motifs is 2. The molecule has 6 nitrogen and oxygen atoms in total. The first-order chi connectivity index (χ1) is 13.1. The summed E-state index contributed by atoms with van der Waals surface area (Å²) in [4.78, 5) is 37.9. The van der Waals surface area contributed by atoms with Crippen LogP contribution in [0.4, 0.5) is 0 Å². The van der Waals surface area contributed by atoms with Gasteiger partial charge < -0.3 is 9.80 Å². The summed E-state index contributed by atoms with van der Waals surface area (Å²) >= 11 is 0. The second-order valence-corrected chi connectivity index (χ2v) is 8.80. The van der Waals surface area contributed by atoms with Crippen molar-refractivity contribution in [2.75, 3.05) is 19.6 Å². The van der Waals surface area contributed by atoms with Crippen LogP contribution in [0, 0.1) is 17.8 Å². The van der Waals surface area contributed by atoms with E-state index in [2.05, 4.69) is 4.98 Å². The highest BCUT2D eigenvalue weighted by Gasteiger charge is 2.55. The SMILES string of the molecule is CC(=O)N1CC[C@H](c2ncc3c(n2)CCN(C(=O)C2[C@H]4CCCC[C@H]24)C3)C1. The molecule has 0 aromatic carbocycles. The summed E-state index contributed by atoms with van der Waals surface area (Å²) in [6.07, 6.45) is 8.77. The number of hydrogen-bond donors (Lipinski definition) is 0. The van der Waals surface area contributed by atoms with E-state index >= 15 is 0 Å². The van der Waals surface area contributed by atoms with Crippen LogP contribution < -0.4 is 0 Å². The molecular formula is C21H28N4O2. The van der Waals surface area contributed by atoms with Gasteiger partial charge in [-0.2, -0.15) is 0 Å². The molecule has 6 heteroatoms. The van der Waals surface area contributed by atoms with Crippen molar-refractivity contribution in [2.45, 2.75) is 57.9 Å². The van der Waals surface area contributed by atoms with Crippen LogP contribution in [0.25, 0.3) is 0 Å². The van der Waals surface area contributed by atoms with Crippen LogP contribution in [0.1, 0.15) is 62.0 Å².